The number of rotatable bonds is 8. The summed E-state index contributed by atoms with van der Waals surface area (Å²) in [5.74, 6) is 0.758. The van der Waals surface area contributed by atoms with Gasteiger partial charge in [0, 0.05) is 11.8 Å². The average Bonchev–Trinajstić information content (AvgIpc) is 3.29. The third kappa shape index (κ3) is 4.67. The highest BCUT2D eigenvalue weighted by atomic mass is 32.2. The van der Waals surface area contributed by atoms with Gasteiger partial charge in [-0.3, -0.25) is 14.2 Å². The Morgan fingerprint density at radius 3 is 2.85 bits per heavy atom. The molecule has 3 aromatic rings. The van der Waals surface area contributed by atoms with Gasteiger partial charge in [0.2, 0.25) is 17.6 Å². The topological polar surface area (TPSA) is 125 Å². The van der Waals surface area contributed by atoms with Gasteiger partial charge in [-0.1, -0.05) is 17.8 Å². The minimum atomic E-state index is -0.551. The molecule has 0 saturated heterocycles. The molecular formula is C17H17N5O4S. The van der Waals surface area contributed by atoms with Crippen LogP contribution < -0.4 is 15.8 Å². The summed E-state index contributed by atoms with van der Waals surface area (Å²) in [5, 5.41) is 11.2. The number of nitrogens with zero attached hydrogens (tertiary/aromatic N) is 3. The average molecular weight is 387 g/mol. The Kier molecular flexibility index (Phi) is 5.77. The predicted octanol–water partition coefficient (Wildman–Crippen LogP) is 1.76. The second-order valence-electron chi connectivity index (χ2n) is 5.40. The molecule has 0 saturated carbocycles. The number of carbonyl (C=O) groups is 2. The van der Waals surface area contributed by atoms with E-state index in [1.165, 1.54) is 10.8 Å². The fourth-order valence-electron chi connectivity index (χ4n) is 2.31. The fraction of sp³-hybridized carbons (Fsp3) is 0.176. The molecule has 0 fully saturated rings. The molecule has 3 rings (SSSR count). The number of hydrogen-bond acceptors (Lipinski definition) is 7. The van der Waals surface area contributed by atoms with Crippen molar-refractivity contribution in [3.05, 3.63) is 42.7 Å². The molecule has 140 valence electrons. The maximum Gasteiger partial charge on any atom is 0.237 e. The van der Waals surface area contributed by atoms with E-state index < -0.39 is 5.91 Å². The zero-order valence-corrected chi connectivity index (χ0v) is 15.2. The van der Waals surface area contributed by atoms with E-state index in [0.717, 1.165) is 11.8 Å². The Morgan fingerprint density at radius 2 is 2.15 bits per heavy atom. The van der Waals surface area contributed by atoms with Crippen molar-refractivity contribution >= 4 is 29.3 Å². The Hall–Kier alpha value is -3.27. The number of amides is 2. The van der Waals surface area contributed by atoms with E-state index in [1.54, 1.807) is 43.5 Å². The molecule has 0 bridgehead atoms. The van der Waals surface area contributed by atoms with Gasteiger partial charge >= 0.3 is 0 Å². The summed E-state index contributed by atoms with van der Waals surface area (Å²) in [6, 6.07) is 10.4. The van der Waals surface area contributed by atoms with Crippen LogP contribution in [0.2, 0.25) is 0 Å². The number of nitrogens with one attached hydrogen (secondary N) is 1. The highest BCUT2D eigenvalue weighted by Crippen LogP contribution is 2.24. The SMILES string of the molecule is COc1cccc(NC(=O)CSc2nnc(-c3ccco3)n2CC(N)=O)c1. The largest absolute Gasteiger partial charge is 0.497 e. The van der Waals surface area contributed by atoms with Crippen molar-refractivity contribution in [1.82, 2.24) is 14.8 Å². The van der Waals surface area contributed by atoms with Gasteiger partial charge < -0.3 is 20.2 Å². The molecule has 10 heteroatoms. The van der Waals surface area contributed by atoms with Crippen molar-refractivity contribution < 1.29 is 18.7 Å². The van der Waals surface area contributed by atoms with Crippen LogP contribution in [0.4, 0.5) is 5.69 Å². The van der Waals surface area contributed by atoms with E-state index in [2.05, 4.69) is 15.5 Å². The Bertz CT molecular complexity index is 939. The highest BCUT2D eigenvalue weighted by Gasteiger charge is 2.18. The van der Waals surface area contributed by atoms with Gasteiger partial charge in [-0.25, -0.2) is 0 Å². The lowest BCUT2D eigenvalue weighted by Crippen LogP contribution is -2.20. The molecule has 0 aliphatic carbocycles. The third-order valence-corrected chi connectivity index (χ3v) is 4.42. The normalized spacial score (nSPS) is 10.6. The van der Waals surface area contributed by atoms with E-state index in [1.807, 2.05) is 0 Å². The van der Waals surface area contributed by atoms with Crippen molar-refractivity contribution in [3.63, 3.8) is 0 Å². The van der Waals surface area contributed by atoms with Crippen molar-refractivity contribution in [2.24, 2.45) is 5.73 Å². The number of primary amides is 1. The molecule has 2 aromatic heterocycles. The number of methoxy groups -OCH3 is 1. The Balaban J connectivity index is 1.69. The molecule has 9 nitrogen and oxygen atoms in total. The van der Waals surface area contributed by atoms with Crippen LogP contribution >= 0.6 is 11.8 Å². The number of furan rings is 1. The highest BCUT2D eigenvalue weighted by molar-refractivity contribution is 7.99. The van der Waals surface area contributed by atoms with Gasteiger partial charge in [0.05, 0.1) is 19.1 Å². The van der Waals surface area contributed by atoms with Crippen molar-refractivity contribution in [1.29, 1.82) is 0 Å². The first-order chi connectivity index (χ1) is 13.1. The van der Waals surface area contributed by atoms with Gasteiger partial charge in [0.1, 0.15) is 12.3 Å². The van der Waals surface area contributed by atoms with Gasteiger partial charge in [0.15, 0.2) is 10.9 Å². The summed E-state index contributed by atoms with van der Waals surface area (Å²) < 4.78 is 11.9. The molecule has 0 spiro atoms. The third-order valence-electron chi connectivity index (χ3n) is 3.46. The number of carbonyl (C=O) groups excluding carboxylic acids is 2. The molecule has 0 aliphatic heterocycles. The van der Waals surface area contributed by atoms with Crippen LogP contribution in [0.5, 0.6) is 5.75 Å². The van der Waals surface area contributed by atoms with E-state index in [4.69, 9.17) is 14.9 Å². The maximum atomic E-state index is 12.2. The summed E-state index contributed by atoms with van der Waals surface area (Å²) in [6.07, 6.45) is 1.49. The molecule has 2 amide bonds. The van der Waals surface area contributed by atoms with Crippen LogP contribution in [0.1, 0.15) is 0 Å². The molecule has 0 unspecified atom stereocenters. The van der Waals surface area contributed by atoms with E-state index in [0.29, 0.717) is 28.2 Å². The van der Waals surface area contributed by atoms with E-state index in [-0.39, 0.29) is 18.2 Å². The number of benzene rings is 1. The van der Waals surface area contributed by atoms with Crippen LogP contribution in [-0.2, 0) is 16.1 Å². The minimum absolute atomic E-state index is 0.0757. The molecule has 2 heterocycles. The summed E-state index contributed by atoms with van der Waals surface area (Å²) in [7, 11) is 1.55. The monoisotopic (exact) mass is 387 g/mol. The molecule has 27 heavy (non-hydrogen) atoms. The van der Waals surface area contributed by atoms with Crippen LogP contribution in [-0.4, -0.2) is 39.4 Å². The second-order valence-corrected chi connectivity index (χ2v) is 6.35. The number of hydrogen-bond donors (Lipinski definition) is 2. The van der Waals surface area contributed by atoms with E-state index >= 15 is 0 Å². The zero-order chi connectivity index (χ0) is 19.2. The lowest BCUT2D eigenvalue weighted by atomic mass is 10.3. The summed E-state index contributed by atoms with van der Waals surface area (Å²) >= 11 is 1.14. The van der Waals surface area contributed by atoms with E-state index in [9.17, 15) is 9.59 Å². The van der Waals surface area contributed by atoms with Crippen LogP contribution in [0, 0.1) is 0 Å². The molecule has 1 aromatic carbocycles. The number of anilines is 1. The van der Waals surface area contributed by atoms with Gasteiger partial charge in [-0.05, 0) is 24.3 Å². The number of nitrogens with two attached hydrogens (primary N) is 1. The lowest BCUT2D eigenvalue weighted by Gasteiger charge is -2.08. The molecule has 0 aliphatic rings. The first kappa shape index (κ1) is 18.5. The summed E-state index contributed by atoms with van der Waals surface area (Å²) in [5.41, 5.74) is 5.93. The number of thioether (sulfide) groups is 1. The molecule has 0 radical (unpaired) electrons. The lowest BCUT2D eigenvalue weighted by molar-refractivity contribution is -0.118. The van der Waals surface area contributed by atoms with Crippen LogP contribution in [0.25, 0.3) is 11.6 Å². The summed E-state index contributed by atoms with van der Waals surface area (Å²) in [6.45, 7) is -0.122. The van der Waals surface area contributed by atoms with Crippen molar-refractivity contribution in [2.75, 3.05) is 18.2 Å². The summed E-state index contributed by atoms with van der Waals surface area (Å²) in [4.78, 5) is 23.6. The molecular weight excluding hydrogens is 370 g/mol. The van der Waals surface area contributed by atoms with Gasteiger partial charge in [0.25, 0.3) is 0 Å². The quantitative estimate of drug-likeness (QED) is 0.564. The van der Waals surface area contributed by atoms with Crippen LogP contribution in [0.3, 0.4) is 0 Å². The van der Waals surface area contributed by atoms with Crippen molar-refractivity contribution in [2.45, 2.75) is 11.7 Å². The fourth-order valence-corrected chi connectivity index (χ4v) is 3.05. The zero-order valence-electron chi connectivity index (χ0n) is 14.4. The standard InChI is InChI=1S/C17H17N5O4S/c1-25-12-5-2-4-11(8-12)19-15(24)10-27-17-21-20-16(13-6-3-7-26-13)22(17)9-14(18)23/h2-8H,9-10H2,1H3,(H2,18,23)(H,19,24). The minimum Gasteiger partial charge on any atom is -0.497 e. The predicted molar refractivity (Wildman–Crippen MR) is 99.3 cm³/mol. The molecule has 0 atom stereocenters. The van der Waals surface area contributed by atoms with Crippen molar-refractivity contribution in [3.8, 4) is 17.3 Å². The van der Waals surface area contributed by atoms with Gasteiger partial charge in [-0.15, -0.1) is 10.2 Å². The second kappa shape index (κ2) is 8.41. The Morgan fingerprint density at radius 1 is 1.30 bits per heavy atom. The smallest absolute Gasteiger partial charge is 0.237 e. The number of ether oxygens (including phenoxy) is 1. The molecule has 3 N–H and O–H groups in total. The van der Waals surface area contributed by atoms with Gasteiger partial charge in [-0.2, -0.15) is 0 Å². The first-order valence-corrected chi connectivity index (χ1v) is 8.87. The maximum absolute atomic E-state index is 12.2. The Labute approximate surface area is 158 Å². The van der Waals surface area contributed by atoms with Crippen LogP contribution in [0.15, 0.2) is 52.2 Å². The number of aromatic nitrogens is 3. The first-order valence-electron chi connectivity index (χ1n) is 7.89.